The summed E-state index contributed by atoms with van der Waals surface area (Å²) in [7, 11) is 0. The lowest BCUT2D eigenvalue weighted by molar-refractivity contribution is -0.136. The van der Waals surface area contributed by atoms with Gasteiger partial charge >= 0.3 is 0 Å². The van der Waals surface area contributed by atoms with Gasteiger partial charge in [-0.15, -0.1) is 0 Å². The van der Waals surface area contributed by atoms with Crippen LogP contribution in [0.3, 0.4) is 0 Å². The lowest BCUT2D eigenvalue weighted by Crippen LogP contribution is -2.47. The molecule has 1 heterocycles. The molecule has 0 aromatic rings. The van der Waals surface area contributed by atoms with E-state index in [1.54, 1.807) is 0 Å². The largest absolute Gasteiger partial charge is 0.341 e. The highest BCUT2D eigenvalue weighted by Gasteiger charge is 2.27. The number of nitrogens with one attached hydrogen (secondary N) is 1. The molecule has 0 aromatic carbocycles. The highest BCUT2D eigenvalue weighted by molar-refractivity contribution is 5.78. The quantitative estimate of drug-likeness (QED) is 0.834. The van der Waals surface area contributed by atoms with Gasteiger partial charge in [0.25, 0.3) is 0 Å². The number of likely N-dealkylation sites (N-methyl/N-ethyl adjacent to an activating group) is 1. The molecule has 2 fully saturated rings. The first-order valence-corrected chi connectivity index (χ1v) is 7.83. The van der Waals surface area contributed by atoms with Gasteiger partial charge in [0, 0.05) is 25.0 Å². The zero-order chi connectivity index (χ0) is 12.8. The van der Waals surface area contributed by atoms with Crippen molar-refractivity contribution in [2.24, 2.45) is 5.92 Å². The Morgan fingerprint density at radius 2 is 1.83 bits per heavy atom. The molecular weight excluding hydrogens is 224 g/mol. The van der Waals surface area contributed by atoms with E-state index in [0.29, 0.717) is 17.9 Å². The summed E-state index contributed by atoms with van der Waals surface area (Å²) in [4.78, 5) is 14.6. The van der Waals surface area contributed by atoms with Crippen molar-refractivity contribution >= 4 is 5.91 Å². The van der Waals surface area contributed by atoms with Crippen molar-refractivity contribution in [2.75, 3.05) is 19.6 Å². The molecule has 0 spiro atoms. The minimum absolute atomic E-state index is 0.322. The maximum absolute atomic E-state index is 12.5. The lowest BCUT2D eigenvalue weighted by Gasteiger charge is -2.33. The summed E-state index contributed by atoms with van der Waals surface area (Å²) in [6, 6.07) is 0.534. The first kappa shape index (κ1) is 13.9. The third-order valence-corrected chi connectivity index (χ3v) is 4.50. The van der Waals surface area contributed by atoms with Gasteiger partial charge in [0.15, 0.2) is 0 Å². The molecule has 1 unspecified atom stereocenters. The molecule has 18 heavy (non-hydrogen) atoms. The van der Waals surface area contributed by atoms with Gasteiger partial charge in [0.1, 0.15) is 0 Å². The third kappa shape index (κ3) is 3.71. The van der Waals surface area contributed by atoms with E-state index in [-0.39, 0.29) is 0 Å². The van der Waals surface area contributed by atoms with Crippen LogP contribution in [0.5, 0.6) is 0 Å². The van der Waals surface area contributed by atoms with Gasteiger partial charge in [-0.3, -0.25) is 4.79 Å². The molecule has 1 aliphatic carbocycles. The molecular formula is C15H28N2O. The van der Waals surface area contributed by atoms with Crippen LogP contribution >= 0.6 is 0 Å². The Kier molecular flexibility index (Phi) is 5.48. The van der Waals surface area contributed by atoms with Crippen LogP contribution in [0.4, 0.5) is 0 Å². The second kappa shape index (κ2) is 7.13. The molecule has 2 rings (SSSR count). The van der Waals surface area contributed by atoms with Gasteiger partial charge in [-0.05, 0) is 39.2 Å². The Balaban J connectivity index is 1.84. The van der Waals surface area contributed by atoms with Gasteiger partial charge in [0.05, 0.1) is 0 Å². The molecule has 1 aliphatic heterocycles. The lowest BCUT2D eigenvalue weighted by atomic mass is 9.88. The van der Waals surface area contributed by atoms with Gasteiger partial charge in [0.2, 0.25) is 5.91 Å². The van der Waals surface area contributed by atoms with E-state index in [1.807, 2.05) is 0 Å². The summed E-state index contributed by atoms with van der Waals surface area (Å²) >= 11 is 0. The Bertz CT molecular complexity index is 255. The maximum atomic E-state index is 12.5. The fourth-order valence-corrected chi connectivity index (χ4v) is 3.33. The van der Waals surface area contributed by atoms with E-state index in [4.69, 9.17) is 0 Å². The van der Waals surface area contributed by atoms with Crippen LogP contribution in [0.1, 0.15) is 58.3 Å². The van der Waals surface area contributed by atoms with Gasteiger partial charge in [-0.25, -0.2) is 0 Å². The number of rotatable bonds is 4. The van der Waals surface area contributed by atoms with Gasteiger partial charge in [-0.2, -0.15) is 0 Å². The predicted molar refractivity (Wildman–Crippen MR) is 74.5 cm³/mol. The monoisotopic (exact) mass is 252 g/mol. The molecule has 104 valence electrons. The topological polar surface area (TPSA) is 32.3 Å². The molecule has 1 atom stereocenters. The van der Waals surface area contributed by atoms with Gasteiger partial charge < -0.3 is 10.2 Å². The first-order valence-electron chi connectivity index (χ1n) is 7.83. The van der Waals surface area contributed by atoms with Crippen molar-refractivity contribution in [3.63, 3.8) is 0 Å². The second-order valence-electron chi connectivity index (χ2n) is 5.86. The van der Waals surface area contributed by atoms with E-state index in [2.05, 4.69) is 17.1 Å². The van der Waals surface area contributed by atoms with Crippen LogP contribution in [-0.2, 0) is 4.79 Å². The van der Waals surface area contributed by atoms with E-state index in [1.165, 1.54) is 38.5 Å². The summed E-state index contributed by atoms with van der Waals surface area (Å²) in [6.07, 6.45) is 9.88. The molecule has 0 radical (unpaired) electrons. The van der Waals surface area contributed by atoms with Crippen molar-refractivity contribution in [1.29, 1.82) is 0 Å². The number of amides is 1. The predicted octanol–water partition coefficient (Wildman–Crippen LogP) is 2.56. The van der Waals surface area contributed by atoms with Crippen molar-refractivity contribution in [2.45, 2.75) is 64.3 Å². The number of piperidine rings is 1. The summed E-state index contributed by atoms with van der Waals surface area (Å²) in [5, 5.41) is 3.55. The van der Waals surface area contributed by atoms with Gasteiger partial charge in [-0.1, -0.05) is 25.7 Å². The Labute approximate surface area is 111 Å². The van der Waals surface area contributed by atoms with Crippen LogP contribution in [0.2, 0.25) is 0 Å². The van der Waals surface area contributed by atoms with Crippen molar-refractivity contribution in [3.8, 4) is 0 Å². The summed E-state index contributed by atoms with van der Waals surface area (Å²) < 4.78 is 0. The van der Waals surface area contributed by atoms with E-state index < -0.39 is 0 Å². The maximum Gasteiger partial charge on any atom is 0.225 e. The molecule has 0 aromatic heterocycles. The number of nitrogens with zero attached hydrogens (tertiary/aromatic N) is 1. The molecule has 1 saturated heterocycles. The second-order valence-corrected chi connectivity index (χ2v) is 5.86. The zero-order valence-electron chi connectivity index (χ0n) is 11.8. The van der Waals surface area contributed by atoms with Crippen molar-refractivity contribution in [3.05, 3.63) is 0 Å². The summed E-state index contributed by atoms with van der Waals surface area (Å²) in [6.45, 7) is 5.03. The Morgan fingerprint density at radius 1 is 1.11 bits per heavy atom. The van der Waals surface area contributed by atoms with Crippen molar-refractivity contribution in [1.82, 2.24) is 10.2 Å². The first-order chi connectivity index (χ1) is 8.81. The summed E-state index contributed by atoms with van der Waals surface area (Å²) in [5.74, 6) is 0.742. The highest BCUT2D eigenvalue weighted by Crippen LogP contribution is 2.25. The smallest absolute Gasteiger partial charge is 0.225 e. The highest BCUT2D eigenvalue weighted by atomic mass is 16.2. The molecule has 1 N–H and O–H groups in total. The minimum Gasteiger partial charge on any atom is -0.341 e. The minimum atomic E-state index is 0.322. The number of hydrogen-bond acceptors (Lipinski definition) is 2. The normalized spacial score (nSPS) is 25.9. The number of carbonyl (C=O) groups excluding carboxylic acids is 1. The fourth-order valence-electron chi connectivity index (χ4n) is 3.33. The fraction of sp³-hybridized carbons (Fsp3) is 0.933. The van der Waals surface area contributed by atoms with Crippen molar-refractivity contribution < 1.29 is 4.79 Å². The van der Waals surface area contributed by atoms with Crippen LogP contribution in [0.25, 0.3) is 0 Å². The number of carbonyl (C=O) groups is 1. The molecule has 3 nitrogen and oxygen atoms in total. The van der Waals surface area contributed by atoms with E-state index in [0.717, 1.165) is 32.5 Å². The zero-order valence-corrected chi connectivity index (χ0v) is 11.8. The average molecular weight is 252 g/mol. The molecule has 1 saturated carbocycles. The molecule has 2 aliphatic rings. The van der Waals surface area contributed by atoms with E-state index in [9.17, 15) is 4.79 Å². The molecule has 3 heteroatoms. The average Bonchev–Trinajstić information content (AvgIpc) is 2.46. The SMILES string of the molecule is CCN(CC1CCCCN1)C(=O)C1CCCCC1. The van der Waals surface area contributed by atoms with E-state index >= 15 is 0 Å². The van der Waals surface area contributed by atoms with Crippen LogP contribution in [0, 0.1) is 5.92 Å². The van der Waals surface area contributed by atoms with Crippen LogP contribution in [-0.4, -0.2) is 36.5 Å². The third-order valence-electron chi connectivity index (χ3n) is 4.50. The Hall–Kier alpha value is -0.570. The van der Waals surface area contributed by atoms with Crippen LogP contribution in [0.15, 0.2) is 0 Å². The van der Waals surface area contributed by atoms with Crippen LogP contribution < -0.4 is 5.32 Å². The number of hydrogen-bond donors (Lipinski definition) is 1. The molecule has 1 amide bonds. The summed E-state index contributed by atoms with van der Waals surface area (Å²) in [5.41, 5.74) is 0. The Morgan fingerprint density at radius 3 is 2.44 bits per heavy atom. The molecule has 0 bridgehead atoms. The standard InChI is InChI=1S/C15H28N2O/c1-2-17(12-14-10-6-7-11-16-14)15(18)13-8-4-3-5-9-13/h13-14,16H,2-12H2,1H3.